The molecular formula is C22H35N5O4. The predicted molar refractivity (Wildman–Crippen MR) is 117 cm³/mol. The normalized spacial score (nSPS) is 11.2. The molecule has 0 amide bonds. The molecule has 2 heterocycles. The van der Waals surface area contributed by atoms with Crippen LogP contribution in [0, 0.1) is 13.8 Å². The summed E-state index contributed by atoms with van der Waals surface area (Å²) in [6, 6.07) is 3.48. The van der Waals surface area contributed by atoms with Gasteiger partial charge in [-0.1, -0.05) is 26.2 Å². The van der Waals surface area contributed by atoms with Crippen LogP contribution in [0.2, 0.25) is 0 Å². The van der Waals surface area contributed by atoms with Gasteiger partial charge >= 0.3 is 11.9 Å². The molecule has 2 aromatic rings. The van der Waals surface area contributed by atoms with Gasteiger partial charge in [0.15, 0.2) is 11.4 Å². The number of esters is 2. The molecule has 31 heavy (non-hydrogen) atoms. The van der Waals surface area contributed by atoms with Crippen LogP contribution in [-0.4, -0.2) is 56.2 Å². The predicted octanol–water partition coefficient (Wildman–Crippen LogP) is 3.55. The number of carbonyl (C=O) groups excluding carboxylic acids is 2. The summed E-state index contributed by atoms with van der Waals surface area (Å²) in [6.07, 6.45) is 4.55. The highest BCUT2D eigenvalue weighted by Crippen LogP contribution is 2.11. The first-order valence-electron chi connectivity index (χ1n) is 11.0. The van der Waals surface area contributed by atoms with E-state index in [0.29, 0.717) is 37.9 Å². The second kappa shape index (κ2) is 12.2. The third-order valence-electron chi connectivity index (χ3n) is 4.93. The number of rotatable bonds is 13. The Kier molecular flexibility index (Phi) is 9.71. The number of aromatic nitrogens is 4. The molecule has 0 unspecified atom stereocenters. The van der Waals surface area contributed by atoms with Gasteiger partial charge in [-0.25, -0.2) is 9.59 Å². The first kappa shape index (κ1) is 24.6. The van der Waals surface area contributed by atoms with Crippen LogP contribution in [0.5, 0.6) is 0 Å². The molecule has 2 aromatic heterocycles. The zero-order valence-electron chi connectivity index (χ0n) is 19.4. The highest BCUT2D eigenvalue weighted by molar-refractivity contribution is 5.87. The lowest BCUT2D eigenvalue weighted by Crippen LogP contribution is -2.32. The second-order valence-corrected chi connectivity index (χ2v) is 7.52. The van der Waals surface area contributed by atoms with Crippen molar-refractivity contribution < 1.29 is 19.1 Å². The summed E-state index contributed by atoms with van der Waals surface area (Å²) in [4.78, 5) is 26.3. The molecule has 0 spiro atoms. The van der Waals surface area contributed by atoms with E-state index in [2.05, 4.69) is 22.0 Å². The van der Waals surface area contributed by atoms with E-state index in [0.717, 1.165) is 30.8 Å². The average molecular weight is 434 g/mol. The Labute approximate surface area is 184 Å². The van der Waals surface area contributed by atoms with Crippen LogP contribution in [-0.2, 0) is 22.8 Å². The lowest BCUT2D eigenvalue weighted by atomic mass is 10.2. The monoisotopic (exact) mass is 433 g/mol. The second-order valence-electron chi connectivity index (χ2n) is 7.52. The summed E-state index contributed by atoms with van der Waals surface area (Å²) in [5.74, 6) is -0.832. The molecule has 2 rings (SSSR count). The Morgan fingerprint density at radius 2 is 1.32 bits per heavy atom. The maximum absolute atomic E-state index is 12.0. The van der Waals surface area contributed by atoms with Crippen molar-refractivity contribution in [2.24, 2.45) is 0 Å². The molecule has 0 aromatic carbocycles. The summed E-state index contributed by atoms with van der Waals surface area (Å²) < 4.78 is 13.7. The zero-order chi connectivity index (χ0) is 22.8. The van der Waals surface area contributed by atoms with Gasteiger partial charge in [-0.15, -0.1) is 0 Å². The zero-order valence-corrected chi connectivity index (χ0v) is 19.4. The summed E-state index contributed by atoms with van der Waals surface area (Å²) in [7, 11) is 0. The lowest BCUT2D eigenvalue weighted by Gasteiger charge is -2.23. The number of aryl methyl sites for hydroxylation is 2. The van der Waals surface area contributed by atoms with Gasteiger partial charge in [-0.05, 0) is 46.2 Å². The first-order valence-corrected chi connectivity index (χ1v) is 11.0. The summed E-state index contributed by atoms with van der Waals surface area (Å²) in [5.41, 5.74) is 2.38. The van der Waals surface area contributed by atoms with Crippen LogP contribution in [0.1, 0.15) is 78.8 Å². The van der Waals surface area contributed by atoms with Gasteiger partial charge in [0.2, 0.25) is 0 Å². The van der Waals surface area contributed by atoms with Gasteiger partial charge in [0, 0.05) is 17.9 Å². The van der Waals surface area contributed by atoms with E-state index >= 15 is 0 Å². The van der Waals surface area contributed by atoms with Gasteiger partial charge in [-0.2, -0.15) is 10.2 Å². The fraction of sp³-hybridized carbons (Fsp3) is 0.636. The van der Waals surface area contributed by atoms with Crippen LogP contribution in [0.3, 0.4) is 0 Å². The molecule has 0 aliphatic rings. The van der Waals surface area contributed by atoms with Crippen LogP contribution >= 0.6 is 0 Å². The Bertz CT molecular complexity index is 794. The Morgan fingerprint density at radius 3 is 1.74 bits per heavy atom. The molecule has 0 saturated carbocycles. The highest BCUT2D eigenvalue weighted by atomic mass is 16.5. The number of hydrogen-bond acceptors (Lipinski definition) is 7. The summed E-state index contributed by atoms with van der Waals surface area (Å²) >= 11 is 0. The van der Waals surface area contributed by atoms with Crippen LogP contribution in [0.15, 0.2) is 12.1 Å². The van der Waals surface area contributed by atoms with Gasteiger partial charge in [-0.3, -0.25) is 14.3 Å². The van der Waals surface area contributed by atoms with Crippen molar-refractivity contribution in [1.82, 2.24) is 24.5 Å². The standard InChI is InChI=1S/C22H35N5O4/c1-6-9-10-11-12-25(15-26-17(4)13-19(23-26)21(28)30-7-2)16-27-18(5)14-20(24-27)22(29)31-8-3/h13-14H,6-12,15-16H2,1-5H3. The van der Waals surface area contributed by atoms with Crippen molar-refractivity contribution in [3.05, 3.63) is 34.9 Å². The molecule has 0 atom stereocenters. The van der Waals surface area contributed by atoms with Gasteiger partial charge in [0.1, 0.15) is 0 Å². The largest absolute Gasteiger partial charge is 0.461 e. The molecule has 0 saturated heterocycles. The van der Waals surface area contributed by atoms with Crippen molar-refractivity contribution in [2.75, 3.05) is 19.8 Å². The van der Waals surface area contributed by atoms with E-state index in [1.54, 1.807) is 35.3 Å². The van der Waals surface area contributed by atoms with Crippen LogP contribution < -0.4 is 0 Å². The van der Waals surface area contributed by atoms with Gasteiger partial charge < -0.3 is 9.47 Å². The van der Waals surface area contributed by atoms with E-state index in [1.807, 2.05) is 13.8 Å². The number of carbonyl (C=O) groups is 2. The van der Waals surface area contributed by atoms with Crippen LogP contribution in [0.25, 0.3) is 0 Å². The van der Waals surface area contributed by atoms with Gasteiger partial charge in [0.25, 0.3) is 0 Å². The quantitative estimate of drug-likeness (QED) is 0.352. The number of hydrogen-bond donors (Lipinski definition) is 0. The van der Waals surface area contributed by atoms with Crippen molar-refractivity contribution in [2.45, 2.75) is 73.6 Å². The molecule has 9 nitrogen and oxygen atoms in total. The molecule has 9 heteroatoms. The SMILES string of the molecule is CCCCCCN(Cn1nc(C(=O)OCC)cc1C)Cn1nc(C(=O)OCC)cc1C. The van der Waals surface area contributed by atoms with Crippen LogP contribution in [0.4, 0.5) is 0 Å². The topological polar surface area (TPSA) is 91.5 Å². The summed E-state index contributed by atoms with van der Waals surface area (Å²) in [6.45, 7) is 12.1. The fourth-order valence-corrected chi connectivity index (χ4v) is 3.24. The van der Waals surface area contributed by atoms with Crippen molar-refractivity contribution >= 4 is 11.9 Å². The molecule has 0 fully saturated rings. The minimum Gasteiger partial charge on any atom is -0.461 e. The van der Waals surface area contributed by atoms with E-state index in [4.69, 9.17) is 9.47 Å². The van der Waals surface area contributed by atoms with E-state index < -0.39 is 11.9 Å². The number of unbranched alkanes of at least 4 members (excludes halogenated alkanes) is 3. The molecule has 0 bridgehead atoms. The van der Waals surface area contributed by atoms with Crippen molar-refractivity contribution in [3.63, 3.8) is 0 Å². The van der Waals surface area contributed by atoms with E-state index in [9.17, 15) is 9.59 Å². The maximum Gasteiger partial charge on any atom is 0.358 e. The Hall–Kier alpha value is -2.68. The lowest BCUT2D eigenvalue weighted by molar-refractivity contribution is 0.0509. The maximum atomic E-state index is 12.0. The molecule has 0 aliphatic heterocycles. The van der Waals surface area contributed by atoms with E-state index in [1.165, 1.54) is 12.8 Å². The smallest absolute Gasteiger partial charge is 0.358 e. The highest BCUT2D eigenvalue weighted by Gasteiger charge is 2.18. The molecular weight excluding hydrogens is 398 g/mol. The molecule has 172 valence electrons. The van der Waals surface area contributed by atoms with E-state index in [-0.39, 0.29) is 0 Å². The minimum absolute atomic E-state index is 0.310. The molecule has 0 aliphatic carbocycles. The number of ether oxygens (including phenoxy) is 2. The minimum atomic E-state index is -0.416. The third kappa shape index (κ3) is 7.20. The van der Waals surface area contributed by atoms with Gasteiger partial charge in [0.05, 0.1) is 26.6 Å². The van der Waals surface area contributed by atoms with Crippen molar-refractivity contribution in [1.29, 1.82) is 0 Å². The third-order valence-corrected chi connectivity index (χ3v) is 4.93. The summed E-state index contributed by atoms with van der Waals surface area (Å²) in [5, 5.41) is 8.86. The Morgan fingerprint density at radius 1 is 0.839 bits per heavy atom. The van der Waals surface area contributed by atoms with Crippen molar-refractivity contribution in [3.8, 4) is 0 Å². The Balaban J connectivity index is 2.16. The first-order chi connectivity index (χ1) is 14.9. The molecule has 0 radical (unpaired) electrons. The number of nitrogens with zero attached hydrogens (tertiary/aromatic N) is 5. The fourth-order valence-electron chi connectivity index (χ4n) is 3.24. The molecule has 0 N–H and O–H groups in total. The average Bonchev–Trinajstić information content (AvgIpc) is 3.28.